The van der Waals surface area contributed by atoms with Crippen LogP contribution in [0.3, 0.4) is 0 Å². The van der Waals surface area contributed by atoms with Crippen LogP contribution in [0.15, 0.2) is 30.9 Å². The third kappa shape index (κ3) is 2.94. The van der Waals surface area contributed by atoms with E-state index in [-0.39, 0.29) is 12.3 Å². The molecule has 26 heavy (non-hydrogen) atoms. The number of pyridine rings is 2. The first-order valence-electron chi connectivity index (χ1n) is 8.37. The Kier molecular flexibility index (Phi) is 3.95. The first kappa shape index (κ1) is 16.3. The van der Waals surface area contributed by atoms with Crippen LogP contribution in [-0.4, -0.2) is 32.0 Å². The highest BCUT2D eigenvalue weighted by molar-refractivity contribution is 5.98. The Morgan fingerprint density at radius 1 is 1.35 bits per heavy atom. The van der Waals surface area contributed by atoms with Crippen LogP contribution in [0, 0.1) is 5.92 Å². The lowest BCUT2D eigenvalue weighted by Gasteiger charge is -2.10. The topological polar surface area (TPSA) is 107 Å². The Morgan fingerprint density at radius 2 is 2.15 bits per heavy atom. The van der Waals surface area contributed by atoms with Crippen molar-refractivity contribution >= 4 is 28.3 Å². The SMILES string of the molecule is CCc1ncncc1-c1cc2cc(NC(=O)[C@@H]3C[C@@H]3F)ncc2c(N)n1. The fourth-order valence-electron chi connectivity index (χ4n) is 2.89. The van der Waals surface area contributed by atoms with Crippen molar-refractivity contribution in [3.05, 3.63) is 36.5 Å². The predicted octanol–water partition coefficient (Wildman–Crippen LogP) is 2.53. The van der Waals surface area contributed by atoms with E-state index in [1.54, 1.807) is 18.5 Å². The zero-order valence-electron chi connectivity index (χ0n) is 14.1. The normalized spacial score (nSPS) is 18.7. The molecule has 132 valence electrons. The molecule has 0 spiro atoms. The molecule has 1 aliphatic rings. The first-order valence-corrected chi connectivity index (χ1v) is 8.37. The Balaban J connectivity index is 1.73. The number of fused-ring (bicyclic) bond motifs is 1. The zero-order chi connectivity index (χ0) is 18.3. The van der Waals surface area contributed by atoms with Gasteiger partial charge in [0, 0.05) is 23.3 Å². The molecule has 2 atom stereocenters. The van der Waals surface area contributed by atoms with Crippen LogP contribution in [0.5, 0.6) is 0 Å². The number of hydrogen-bond acceptors (Lipinski definition) is 6. The highest BCUT2D eigenvalue weighted by atomic mass is 19.1. The van der Waals surface area contributed by atoms with Gasteiger partial charge in [-0.2, -0.15) is 0 Å². The minimum atomic E-state index is -1.05. The van der Waals surface area contributed by atoms with Gasteiger partial charge in [0.25, 0.3) is 0 Å². The molecule has 0 saturated heterocycles. The summed E-state index contributed by atoms with van der Waals surface area (Å²) in [6.07, 6.45) is 4.72. The van der Waals surface area contributed by atoms with Crippen molar-refractivity contribution in [1.29, 1.82) is 0 Å². The molecule has 0 bridgehead atoms. The number of hydrogen-bond donors (Lipinski definition) is 2. The average Bonchev–Trinajstić information content (AvgIpc) is 3.38. The number of alkyl halides is 1. The van der Waals surface area contributed by atoms with Crippen molar-refractivity contribution in [3.63, 3.8) is 0 Å². The number of anilines is 2. The van der Waals surface area contributed by atoms with Crippen LogP contribution in [0.25, 0.3) is 22.0 Å². The maximum absolute atomic E-state index is 13.0. The van der Waals surface area contributed by atoms with E-state index in [2.05, 4.69) is 25.3 Å². The largest absolute Gasteiger partial charge is 0.383 e. The number of rotatable bonds is 4. The maximum Gasteiger partial charge on any atom is 0.231 e. The van der Waals surface area contributed by atoms with E-state index in [4.69, 9.17) is 5.73 Å². The minimum absolute atomic E-state index is 0.272. The number of aryl methyl sites for hydroxylation is 1. The zero-order valence-corrected chi connectivity index (χ0v) is 14.1. The monoisotopic (exact) mass is 352 g/mol. The van der Waals surface area contributed by atoms with Gasteiger partial charge in [0.2, 0.25) is 5.91 Å². The molecule has 8 heteroatoms. The summed E-state index contributed by atoms with van der Waals surface area (Å²) in [5.41, 5.74) is 8.42. The molecule has 7 nitrogen and oxygen atoms in total. The Bertz CT molecular complexity index is 1010. The van der Waals surface area contributed by atoms with Crippen molar-refractivity contribution in [2.24, 2.45) is 5.92 Å². The van der Waals surface area contributed by atoms with Gasteiger partial charge in [-0.1, -0.05) is 6.92 Å². The molecule has 3 N–H and O–H groups in total. The Hall–Kier alpha value is -3.16. The molecule has 0 unspecified atom stereocenters. The lowest BCUT2D eigenvalue weighted by molar-refractivity contribution is -0.117. The minimum Gasteiger partial charge on any atom is -0.383 e. The summed E-state index contributed by atoms with van der Waals surface area (Å²) in [6.45, 7) is 2.00. The van der Waals surface area contributed by atoms with Gasteiger partial charge in [-0.05, 0) is 30.4 Å². The van der Waals surface area contributed by atoms with E-state index in [1.165, 1.54) is 6.33 Å². The number of nitrogen functional groups attached to an aromatic ring is 1. The van der Waals surface area contributed by atoms with Crippen molar-refractivity contribution in [1.82, 2.24) is 19.9 Å². The first-order chi connectivity index (χ1) is 12.6. The van der Waals surface area contributed by atoms with Crippen LogP contribution >= 0.6 is 0 Å². The molecule has 1 saturated carbocycles. The molecular formula is C18H17FN6O. The van der Waals surface area contributed by atoms with Crippen molar-refractivity contribution in [2.75, 3.05) is 11.1 Å². The molecular weight excluding hydrogens is 335 g/mol. The third-order valence-corrected chi connectivity index (χ3v) is 4.45. The number of halogens is 1. The molecule has 0 radical (unpaired) electrons. The third-order valence-electron chi connectivity index (χ3n) is 4.45. The second kappa shape index (κ2) is 6.29. The number of aromatic nitrogens is 4. The van der Waals surface area contributed by atoms with Crippen LogP contribution in [-0.2, 0) is 11.2 Å². The number of carbonyl (C=O) groups is 1. The van der Waals surface area contributed by atoms with E-state index < -0.39 is 12.1 Å². The van der Waals surface area contributed by atoms with Gasteiger partial charge in [-0.25, -0.2) is 24.3 Å². The summed E-state index contributed by atoms with van der Waals surface area (Å²) in [7, 11) is 0. The predicted molar refractivity (Wildman–Crippen MR) is 96.0 cm³/mol. The molecule has 3 aromatic heterocycles. The Labute approximate surface area is 148 Å². The molecule has 0 aromatic carbocycles. The van der Waals surface area contributed by atoms with E-state index >= 15 is 0 Å². The number of amides is 1. The van der Waals surface area contributed by atoms with E-state index in [1.807, 2.05) is 13.0 Å². The summed E-state index contributed by atoms with van der Waals surface area (Å²) in [5, 5.41) is 4.10. The lowest BCUT2D eigenvalue weighted by atomic mass is 10.1. The van der Waals surface area contributed by atoms with Crippen molar-refractivity contribution < 1.29 is 9.18 Å². The van der Waals surface area contributed by atoms with Crippen molar-refractivity contribution in [3.8, 4) is 11.3 Å². The van der Waals surface area contributed by atoms with Crippen LogP contribution in [0.1, 0.15) is 19.0 Å². The number of nitrogens with zero attached hydrogens (tertiary/aromatic N) is 4. The summed E-state index contributed by atoms with van der Waals surface area (Å²) < 4.78 is 13.0. The fraction of sp³-hybridized carbons (Fsp3) is 0.278. The smallest absolute Gasteiger partial charge is 0.231 e. The maximum atomic E-state index is 13.0. The van der Waals surface area contributed by atoms with Gasteiger partial charge < -0.3 is 11.1 Å². The number of nitrogens with one attached hydrogen (secondary N) is 1. The van der Waals surface area contributed by atoms with Gasteiger partial charge in [-0.3, -0.25) is 4.79 Å². The van der Waals surface area contributed by atoms with E-state index in [0.29, 0.717) is 22.7 Å². The highest BCUT2D eigenvalue weighted by Crippen LogP contribution is 2.35. The lowest BCUT2D eigenvalue weighted by Crippen LogP contribution is -2.15. The van der Waals surface area contributed by atoms with E-state index in [0.717, 1.165) is 23.1 Å². The highest BCUT2D eigenvalue weighted by Gasteiger charge is 2.43. The van der Waals surface area contributed by atoms with Gasteiger partial charge in [0.15, 0.2) is 0 Å². The van der Waals surface area contributed by atoms with Crippen molar-refractivity contribution in [2.45, 2.75) is 25.9 Å². The molecule has 3 aromatic rings. The summed E-state index contributed by atoms with van der Waals surface area (Å²) in [4.78, 5) is 28.9. The van der Waals surface area contributed by atoms with Crippen LogP contribution in [0.4, 0.5) is 16.0 Å². The standard InChI is InChI=1S/C18H17FN6O/c1-2-14-12(6-21-8-23-14)15-3-9-4-16(22-7-11(9)17(20)24-15)25-18(26)10-5-13(10)19/h3-4,6-8,10,13H,2,5H2,1H3,(H2,20,24)(H,22,25,26)/t10-,13+/m1/s1. The second-order valence-corrected chi connectivity index (χ2v) is 6.27. The van der Waals surface area contributed by atoms with Gasteiger partial charge >= 0.3 is 0 Å². The average molecular weight is 352 g/mol. The van der Waals surface area contributed by atoms with Gasteiger partial charge in [-0.15, -0.1) is 0 Å². The Morgan fingerprint density at radius 3 is 2.88 bits per heavy atom. The molecule has 3 heterocycles. The quantitative estimate of drug-likeness (QED) is 0.747. The molecule has 0 aliphatic heterocycles. The fourth-order valence-corrected chi connectivity index (χ4v) is 2.89. The second-order valence-electron chi connectivity index (χ2n) is 6.27. The summed E-state index contributed by atoms with van der Waals surface area (Å²) in [6, 6.07) is 3.57. The van der Waals surface area contributed by atoms with Gasteiger partial charge in [0.05, 0.1) is 17.3 Å². The summed E-state index contributed by atoms with van der Waals surface area (Å²) in [5.74, 6) is -0.228. The van der Waals surface area contributed by atoms with Crippen LogP contribution in [0.2, 0.25) is 0 Å². The summed E-state index contributed by atoms with van der Waals surface area (Å²) >= 11 is 0. The van der Waals surface area contributed by atoms with E-state index in [9.17, 15) is 9.18 Å². The molecule has 1 amide bonds. The number of nitrogens with two attached hydrogens (primary N) is 1. The molecule has 1 aliphatic carbocycles. The molecule has 1 fully saturated rings. The van der Waals surface area contributed by atoms with Crippen LogP contribution < -0.4 is 11.1 Å². The number of carbonyl (C=O) groups excluding carboxylic acids is 1. The van der Waals surface area contributed by atoms with Gasteiger partial charge in [0.1, 0.15) is 24.1 Å². The molecule has 4 rings (SSSR count).